The van der Waals surface area contributed by atoms with Crippen molar-refractivity contribution in [1.82, 2.24) is 4.98 Å². The van der Waals surface area contributed by atoms with Crippen LogP contribution in [-0.4, -0.2) is 17.6 Å². The van der Waals surface area contributed by atoms with Gasteiger partial charge in [-0.3, -0.25) is 0 Å². The van der Waals surface area contributed by atoms with Crippen molar-refractivity contribution in [2.75, 3.05) is 6.54 Å². The zero-order valence-corrected chi connectivity index (χ0v) is 10.1. The molecular weight excluding hydrogens is 269 g/mol. The molecule has 0 aliphatic heterocycles. The van der Waals surface area contributed by atoms with E-state index in [9.17, 15) is 13.2 Å². The maximum Gasteiger partial charge on any atom is 0.417 e. The number of halogens is 4. The van der Waals surface area contributed by atoms with Crippen molar-refractivity contribution >= 4 is 11.6 Å². The Bertz CT molecular complexity index is 435. The standard InChI is InChI=1S/C11H12ClF3N2O/c12-8-3-7(11(13,14)15)5-17-10(8)18-9(4-16)6-1-2-6/h3,5-6,9H,1-2,4,16H2/t9-/m0/s1. The topological polar surface area (TPSA) is 48.1 Å². The van der Waals surface area contributed by atoms with Crippen molar-refractivity contribution in [3.63, 3.8) is 0 Å². The van der Waals surface area contributed by atoms with Crippen molar-refractivity contribution in [3.05, 3.63) is 22.8 Å². The summed E-state index contributed by atoms with van der Waals surface area (Å²) in [4.78, 5) is 3.61. The highest BCUT2D eigenvalue weighted by molar-refractivity contribution is 6.31. The van der Waals surface area contributed by atoms with E-state index in [0.717, 1.165) is 18.9 Å². The van der Waals surface area contributed by atoms with E-state index in [2.05, 4.69) is 4.98 Å². The summed E-state index contributed by atoms with van der Waals surface area (Å²) in [5, 5.41) is -0.149. The zero-order valence-electron chi connectivity index (χ0n) is 9.38. The van der Waals surface area contributed by atoms with Crippen LogP contribution >= 0.6 is 11.6 Å². The molecule has 0 bridgehead atoms. The number of ether oxygens (including phenoxy) is 1. The number of alkyl halides is 3. The summed E-state index contributed by atoms with van der Waals surface area (Å²) in [7, 11) is 0. The van der Waals surface area contributed by atoms with Crippen molar-refractivity contribution in [2.24, 2.45) is 11.7 Å². The molecule has 1 atom stereocenters. The predicted molar refractivity (Wildman–Crippen MR) is 60.4 cm³/mol. The lowest BCUT2D eigenvalue weighted by molar-refractivity contribution is -0.137. The summed E-state index contributed by atoms with van der Waals surface area (Å²) in [5.41, 5.74) is 4.64. The summed E-state index contributed by atoms with van der Waals surface area (Å²) in [6.45, 7) is 0.295. The number of pyridine rings is 1. The minimum Gasteiger partial charge on any atom is -0.472 e. The molecule has 1 aromatic rings. The van der Waals surface area contributed by atoms with E-state index < -0.39 is 11.7 Å². The van der Waals surface area contributed by atoms with E-state index in [-0.39, 0.29) is 17.0 Å². The maximum atomic E-state index is 12.4. The van der Waals surface area contributed by atoms with Crippen LogP contribution < -0.4 is 10.5 Å². The van der Waals surface area contributed by atoms with E-state index in [0.29, 0.717) is 18.7 Å². The van der Waals surface area contributed by atoms with E-state index in [1.54, 1.807) is 0 Å². The van der Waals surface area contributed by atoms with E-state index in [1.165, 1.54) is 0 Å². The fourth-order valence-electron chi connectivity index (χ4n) is 1.62. The van der Waals surface area contributed by atoms with E-state index in [4.69, 9.17) is 22.1 Å². The van der Waals surface area contributed by atoms with Gasteiger partial charge >= 0.3 is 6.18 Å². The highest BCUT2D eigenvalue weighted by Crippen LogP contribution is 2.37. The average molecular weight is 281 g/mol. The molecule has 7 heteroatoms. The summed E-state index contributed by atoms with van der Waals surface area (Å²) >= 11 is 5.73. The Morgan fingerprint density at radius 3 is 2.61 bits per heavy atom. The van der Waals surface area contributed by atoms with Crippen molar-refractivity contribution in [3.8, 4) is 5.88 Å². The maximum absolute atomic E-state index is 12.4. The Labute approximate surface area is 107 Å². The first-order valence-electron chi connectivity index (χ1n) is 5.51. The van der Waals surface area contributed by atoms with Crippen LogP contribution in [0.1, 0.15) is 18.4 Å². The normalized spacial score (nSPS) is 17.6. The van der Waals surface area contributed by atoms with Gasteiger partial charge in [0.25, 0.3) is 0 Å². The smallest absolute Gasteiger partial charge is 0.417 e. The Hall–Kier alpha value is -1.01. The summed E-state index contributed by atoms with van der Waals surface area (Å²) in [5.74, 6) is 0.363. The van der Waals surface area contributed by atoms with Crippen LogP contribution in [0.3, 0.4) is 0 Å². The van der Waals surface area contributed by atoms with Crippen LogP contribution in [0.15, 0.2) is 12.3 Å². The highest BCUT2D eigenvalue weighted by atomic mass is 35.5. The first-order chi connectivity index (χ1) is 8.41. The van der Waals surface area contributed by atoms with Gasteiger partial charge in [0.1, 0.15) is 11.1 Å². The molecule has 0 unspecified atom stereocenters. The summed E-state index contributed by atoms with van der Waals surface area (Å²) < 4.78 is 42.7. The van der Waals surface area contributed by atoms with Gasteiger partial charge in [-0.15, -0.1) is 0 Å². The number of hydrogen-bond acceptors (Lipinski definition) is 3. The molecule has 1 aromatic heterocycles. The fourth-order valence-corrected chi connectivity index (χ4v) is 1.83. The molecule has 0 radical (unpaired) electrons. The van der Waals surface area contributed by atoms with Gasteiger partial charge in [-0.05, 0) is 24.8 Å². The van der Waals surface area contributed by atoms with Gasteiger partial charge in [-0.2, -0.15) is 13.2 Å². The molecule has 1 saturated carbocycles. The number of nitrogens with zero attached hydrogens (tertiary/aromatic N) is 1. The van der Waals surface area contributed by atoms with Gasteiger partial charge in [-0.1, -0.05) is 11.6 Å². The van der Waals surface area contributed by atoms with Crippen molar-refractivity contribution in [2.45, 2.75) is 25.1 Å². The molecule has 0 amide bonds. The second-order valence-corrected chi connectivity index (χ2v) is 4.65. The lowest BCUT2D eigenvalue weighted by Gasteiger charge is -2.17. The Kier molecular flexibility index (Phi) is 3.68. The molecule has 1 fully saturated rings. The lowest BCUT2D eigenvalue weighted by Crippen LogP contribution is -2.29. The lowest BCUT2D eigenvalue weighted by atomic mass is 10.2. The molecule has 1 aliphatic rings. The largest absolute Gasteiger partial charge is 0.472 e. The predicted octanol–water partition coefficient (Wildman–Crippen LogP) is 2.87. The number of rotatable bonds is 4. The Morgan fingerprint density at radius 2 is 2.17 bits per heavy atom. The van der Waals surface area contributed by atoms with Crippen LogP contribution in [0, 0.1) is 5.92 Å². The minimum absolute atomic E-state index is 0.00650. The second-order valence-electron chi connectivity index (χ2n) is 4.24. The first kappa shape index (κ1) is 13.4. The Balaban J connectivity index is 2.14. The van der Waals surface area contributed by atoms with Crippen LogP contribution in [0.4, 0.5) is 13.2 Å². The number of aromatic nitrogens is 1. The third-order valence-corrected chi connectivity index (χ3v) is 3.05. The summed E-state index contributed by atoms with van der Waals surface area (Å²) in [6, 6.07) is 0.810. The van der Waals surface area contributed by atoms with Gasteiger partial charge in [0.15, 0.2) is 0 Å². The van der Waals surface area contributed by atoms with Crippen LogP contribution in [0.2, 0.25) is 5.02 Å². The molecule has 1 aliphatic carbocycles. The highest BCUT2D eigenvalue weighted by Gasteiger charge is 2.34. The van der Waals surface area contributed by atoms with Gasteiger partial charge in [0.05, 0.1) is 5.56 Å². The minimum atomic E-state index is -4.46. The van der Waals surface area contributed by atoms with Crippen molar-refractivity contribution < 1.29 is 17.9 Å². The monoisotopic (exact) mass is 280 g/mol. The molecule has 18 heavy (non-hydrogen) atoms. The third kappa shape index (κ3) is 3.05. The third-order valence-electron chi connectivity index (χ3n) is 2.78. The second kappa shape index (κ2) is 4.93. The van der Waals surface area contributed by atoms with Crippen LogP contribution in [0.5, 0.6) is 5.88 Å². The molecule has 2 rings (SSSR count). The molecular formula is C11H12ClF3N2O. The van der Waals surface area contributed by atoms with Crippen LogP contribution in [0.25, 0.3) is 0 Å². The fraction of sp³-hybridized carbons (Fsp3) is 0.545. The SMILES string of the molecule is NC[C@H](Oc1ncc(C(F)(F)F)cc1Cl)C1CC1. The molecule has 3 nitrogen and oxygen atoms in total. The van der Waals surface area contributed by atoms with Crippen molar-refractivity contribution in [1.29, 1.82) is 0 Å². The number of nitrogens with two attached hydrogens (primary N) is 1. The van der Waals surface area contributed by atoms with Crippen LogP contribution in [-0.2, 0) is 6.18 Å². The van der Waals surface area contributed by atoms with Gasteiger partial charge < -0.3 is 10.5 Å². The molecule has 2 N–H and O–H groups in total. The molecule has 0 aromatic carbocycles. The molecule has 100 valence electrons. The first-order valence-corrected chi connectivity index (χ1v) is 5.89. The summed E-state index contributed by atoms with van der Waals surface area (Å²) in [6.07, 6.45) is -1.95. The van der Waals surface area contributed by atoms with E-state index in [1.807, 2.05) is 0 Å². The molecule has 0 spiro atoms. The van der Waals surface area contributed by atoms with Gasteiger partial charge in [-0.25, -0.2) is 4.98 Å². The zero-order chi connectivity index (χ0) is 13.3. The average Bonchev–Trinajstić information content (AvgIpc) is 3.10. The van der Waals surface area contributed by atoms with Gasteiger partial charge in [0.2, 0.25) is 5.88 Å². The Morgan fingerprint density at radius 1 is 1.50 bits per heavy atom. The quantitative estimate of drug-likeness (QED) is 0.922. The number of hydrogen-bond donors (Lipinski definition) is 1. The molecule has 1 heterocycles. The van der Waals surface area contributed by atoms with Gasteiger partial charge in [0, 0.05) is 12.7 Å². The molecule has 0 saturated heterocycles. The van der Waals surface area contributed by atoms with E-state index >= 15 is 0 Å².